The van der Waals surface area contributed by atoms with E-state index in [0.29, 0.717) is 11.3 Å². The fourth-order valence-electron chi connectivity index (χ4n) is 4.10. The van der Waals surface area contributed by atoms with Crippen molar-refractivity contribution in [3.63, 3.8) is 0 Å². The van der Waals surface area contributed by atoms with Gasteiger partial charge in [-0.25, -0.2) is 13.2 Å². The summed E-state index contributed by atoms with van der Waals surface area (Å²) in [5, 5.41) is 2.84. The van der Waals surface area contributed by atoms with E-state index >= 15 is 0 Å². The van der Waals surface area contributed by atoms with Gasteiger partial charge in [0.2, 0.25) is 10.0 Å². The molecule has 1 aliphatic rings. The maximum absolute atomic E-state index is 13.7. The number of benzene rings is 3. The number of carbonyl (C=O) groups is 3. The Hall–Kier alpha value is -3.98. The highest BCUT2D eigenvalue weighted by Crippen LogP contribution is 2.33. The third-order valence-electron chi connectivity index (χ3n) is 6.11. The predicted molar refractivity (Wildman–Crippen MR) is 133 cm³/mol. The molecule has 1 atom stereocenters. The first-order chi connectivity index (χ1) is 16.6. The highest BCUT2D eigenvalue weighted by molar-refractivity contribution is 7.92. The molecule has 0 unspecified atom stereocenters. The van der Waals surface area contributed by atoms with Crippen molar-refractivity contribution >= 4 is 33.4 Å². The molecule has 0 aromatic heterocycles. The smallest absolute Gasteiger partial charge is 0.319 e. The number of ketones is 1. The molecule has 0 radical (unpaired) electrons. The van der Waals surface area contributed by atoms with Crippen LogP contribution < -0.4 is 9.62 Å². The summed E-state index contributed by atoms with van der Waals surface area (Å²) in [5.41, 5.74) is 0.817. The van der Waals surface area contributed by atoms with E-state index in [2.05, 4.69) is 5.32 Å². The molecule has 180 valence electrons. The molecule has 0 bridgehead atoms. The van der Waals surface area contributed by atoms with Crippen LogP contribution in [0.2, 0.25) is 0 Å². The number of hydrogen-bond donors (Lipinski definition) is 1. The summed E-state index contributed by atoms with van der Waals surface area (Å²) in [6, 6.07) is 23.7. The maximum atomic E-state index is 13.7. The Morgan fingerprint density at radius 1 is 0.914 bits per heavy atom. The number of amides is 3. The second-order valence-electron chi connectivity index (χ2n) is 8.46. The number of rotatable bonds is 8. The summed E-state index contributed by atoms with van der Waals surface area (Å²) < 4.78 is 24.6. The minimum absolute atomic E-state index is 0.236. The summed E-state index contributed by atoms with van der Waals surface area (Å²) in [7, 11) is -2.03. The summed E-state index contributed by atoms with van der Waals surface area (Å²) in [4.78, 5) is 40.5. The Morgan fingerprint density at radius 2 is 1.49 bits per heavy atom. The highest BCUT2D eigenvalue weighted by atomic mass is 32.2. The van der Waals surface area contributed by atoms with Gasteiger partial charge in [-0.15, -0.1) is 0 Å². The molecule has 1 aliphatic heterocycles. The number of urea groups is 1. The number of Topliss-reactive ketones (excluding diaryl/α,β-unsaturated/α-hetero) is 1. The molecule has 1 N–H and O–H groups in total. The van der Waals surface area contributed by atoms with Crippen LogP contribution in [0.4, 0.5) is 10.5 Å². The average Bonchev–Trinajstić information content (AvgIpc) is 3.09. The Kier molecular flexibility index (Phi) is 6.45. The fraction of sp³-hybridized carbons (Fsp3) is 0.192. The van der Waals surface area contributed by atoms with Crippen molar-refractivity contribution in [1.82, 2.24) is 10.2 Å². The van der Waals surface area contributed by atoms with Gasteiger partial charge in [0.25, 0.3) is 5.91 Å². The molecule has 1 heterocycles. The van der Waals surface area contributed by atoms with Crippen molar-refractivity contribution in [3.05, 3.63) is 102 Å². The van der Waals surface area contributed by atoms with Crippen molar-refractivity contribution in [2.24, 2.45) is 0 Å². The lowest BCUT2D eigenvalue weighted by atomic mass is 9.83. The first-order valence-electron chi connectivity index (χ1n) is 10.9. The Balaban J connectivity index is 1.60. The highest BCUT2D eigenvalue weighted by Gasteiger charge is 2.52. The molecule has 1 saturated heterocycles. The first kappa shape index (κ1) is 24.2. The molecule has 3 aromatic carbocycles. The molecular weight excluding hydrogens is 466 g/mol. The van der Waals surface area contributed by atoms with Crippen LogP contribution in [-0.4, -0.2) is 50.9 Å². The number of sulfonamides is 1. The molecule has 35 heavy (non-hydrogen) atoms. The molecule has 1 fully saturated rings. The molecule has 0 saturated carbocycles. The molecule has 9 heteroatoms. The van der Waals surface area contributed by atoms with Crippen LogP contribution in [0.15, 0.2) is 84.9 Å². The van der Waals surface area contributed by atoms with Gasteiger partial charge in [-0.05, 0) is 35.4 Å². The average molecular weight is 492 g/mol. The molecule has 0 aliphatic carbocycles. The van der Waals surface area contributed by atoms with Crippen LogP contribution in [0.1, 0.15) is 21.5 Å². The van der Waals surface area contributed by atoms with Crippen molar-refractivity contribution in [3.8, 4) is 0 Å². The zero-order valence-corrected chi connectivity index (χ0v) is 20.2. The topological polar surface area (TPSA) is 104 Å². The Morgan fingerprint density at radius 3 is 2.06 bits per heavy atom. The van der Waals surface area contributed by atoms with Gasteiger partial charge in [0.1, 0.15) is 0 Å². The second-order valence-corrected chi connectivity index (χ2v) is 10.5. The van der Waals surface area contributed by atoms with E-state index in [-0.39, 0.29) is 12.0 Å². The van der Waals surface area contributed by atoms with Crippen LogP contribution in [0, 0.1) is 0 Å². The van der Waals surface area contributed by atoms with Crippen LogP contribution in [0.3, 0.4) is 0 Å². The van der Waals surface area contributed by atoms with Gasteiger partial charge in [-0.2, -0.15) is 0 Å². The van der Waals surface area contributed by atoms with E-state index in [1.54, 1.807) is 24.3 Å². The van der Waals surface area contributed by atoms with Crippen LogP contribution in [0.25, 0.3) is 0 Å². The quantitative estimate of drug-likeness (QED) is 0.385. The van der Waals surface area contributed by atoms with Crippen LogP contribution in [-0.2, 0) is 26.8 Å². The number of nitrogens with one attached hydrogen (secondary N) is 1. The monoisotopic (exact) mass is 491 g/mol. The Bertz CT molecular complexity index is 1360. The summed E-state index contributed by atoms with van der Waals surface area (Å²) in [6.45, 7) is -0.435. The van der Waals surface area contributed by atoms with E-state index in [0.717, 1.165) is 21.0 Å². The lowest BCUT2D eigenvalue weighted by Gasteiger charge is -2.27. The molecule has 4 rings (SSSR count). The molecular formula is C26H25N3O5S. The van der Waals surface area contributed by atoms with Gasteiger partial charge in [0.05, 0.1) is 18.5 Å². The van der Waals surface area contributed by atoms with E-state index in [4.69, 9.17) is 0 Å². The normalized spacial score (nSPS) is 17.8. The number of nitrogens with zero attached hydrogens (tertiary/aromatic N) is 2. The van der Waals surface area contributed by atoms with Crippen molar-refractivity contribution in [2.45, 2.75) is 12.0 Å². The van der Waals surface area contributed by atoms with E-state index in [1.807, 2.05) is 36.4 Å². The summed E-state index contributed by atoms with van der Waals surface area (Å²) >= 11 is 0. The zero-order valence-electron chi connectivity index (χ0n) is 19.3. The number of imide groups is 1. The molecule has 8 nitrogen and oxygen atoms in total. The van der Waals surface area contributed by atoms with Crippen molar-refractivity contribution in [2.75, 3.05) is 24.2 Å². The van der Waals surface area contributed by atoms with Gasteiger partial charge < -0.3 is 5.32 Å². The van der Waals surface area contributed by atoms with Gasteiger partial charge in [-0.1, -0.05) is 60.7 Å². The van der Waals surface area contributed by atoms with Gasteiger partial charge in [-0.3, -0.25) is 18.8 Å². The van der Waals surface area contributed by atoms with Crippen LogP contribution >= 0.6 is 0 Å². The predicted octanol–water partition coefficient (Wildman–Crippen LogP) is 2.96. The third-order valence-corrected chi connectivity index (χ3v) is 7.31. The third kappa shape index (κ3) is 4.81. The number of hydrogen-bond acceptors (Lipinski definition) is 5. The standard InChI is InChI=1S/C26H25N3O5S/c1-28(35(2,33)34)22-15-13-20(14-16-22)23(30)18-29-24(31)26(27-25(29)32,21-11-7-4-8-12-21)17-19-9-5-3-6-10-19/h3-16H,17-18H2,1-2H3,(H,27,32)/t26-/m0/s1. The summed E-state index contributed by atoms with van der Waals surface area (Å²) in [5.74, 6) is -0.940. The fourth-order valence-corrected chi connectivity index (χ4v) is 4.60. The van der Waals surface area contributed by atoms with Gasteiger partial charge >= 0.3 is 6.03 Å². The van der Waals surface area contributed by atoms with E-state index < -0.39 is 39.8 Å². The number of carbonyl (C=O) groups excluding carboxylic acids is 3. The molecule has 3 amide bonds. The van der Waals surface area contributed by atoms with Gasteiger partial charge in [0, 0.05) is 19.0 Å². The minimum Gasteiger partial charge on any atom is -0.319 e. The molecule has 3 aromatic rings. The number of anilines is 1. The maximum Gasteiger partial charge on any atom is 0.325 e. The Labute approximate surface area is 204 Å². The lowest BCUT2D eigenvalue weighted by Crippen LogP contribution is -2.46. The lowest BCUT2D eigenvalue weighted by molar-refractivity contribution is -0.131. The van der Waals surface area contributed by atoms with Crippen LogP contribution in [0.5, 0.6) is 0 Å². The largest absolute Gasteiger partial charge is 0.325 e. The van der Waals surface area contributed by atoms with E-state index in [9.17, 15) is 22.8 Å². The van der Waals surface area contributed by atoms with Crippen molar-refractivity contribution < 1.29 is 22.8 Å². The van der Waals surface area contributed by atoms with Crippen molar-refractivity contribution in [1.29, 1.82) is 0 Å². The van der Waals surface area contributed by atoms with E-state index in [1.165, 1.54) is 31.3 Å². The minimum atomic E-state index is -3.44. The van der Waals surface area contributed by atoms with Gasteiger partial charge in [0.15, 0.2) is 11.3 Å². The first-order valence-corrected chi connectivity index (χ1v) is 12.8. The zero-order chi connectivity index (χ0) is 25.2. The summed E-state index contributed by atoms with van der Waals surface area (Å²) in [6.07, 6.45) is 1.32. The molecule has 0 spiro atoms. The second kappa shape index (κ2) is 9.34. The SMILES string of the molecule is CN(c1ccc(C(=O)CN2C(=O)N[C@@](Cc3ccccc3)(c3ccccc3)C2=O)cc1)S(C)(=O)=O.